The minimum absolute atomic E-state index is 0.0992. The van der Waals surface area contributed by atoms with Gasteiger partial charge in [0.2, 0.25) is 10.0 Å². The van der Waals surface area contributed by atoms with E-state index in [0.29, 0.717) is 11.6 Å². The molecule has 0 saturated carbocycles. The van der Waals surface area contributed by atoms with Gasteiger partial charge in [-0.3, -0.25) is 0 Å². The second-order valence-electron chi connectivity index (χ2n) is 5.25. The Morgan fingerprint density at radius 1 is 1.26 bits per heavy atom. The van der Waals surface area contributed by atoms with Gasteiger partial charge in [0.05, 0.1) is 4.90 Å². The van der Waals surface area contributed by atoms with Crippen molar-refractivity contribution in [2.45, 2.75) is 52.0 Å². The number of nitrogens with two attached hydrogens (primary N) is 1. The highest BCUT2D eigenvalue weighted by atomic mass is 32.2. The standard InChI is InChI=1S/C14H24N2O2S/c1-6-9(2)12(5)16-19(17,18)13-7-10(3)11(4)14(15)8-13/h7-9,12,16H,6,15H2,1-5H3. The summed E-state index contributed by atoms with van der Waals surface area (Å²) < 4.78 is 27.3. The molecule has 108 valence electrons. The van der Waals surface area contributed by atoms with Gasteiger partial charge in [-0.2, -0.15) is 0 Å². The molecule has 0 fully saturated rings. The second-order valence-corrected chi connectivity index (χ2v) is 6.96. The first kappa shape index (κ1) is 16.0. The molecule has 19 heavy (non-hydrogen) atoms. The van der Waals surface area contributed by atoms with Crippen molar-refractivity contribution >= 4 is 15.7 Å². The molecule has 0 saturated heterocycles. The average molecular weight is 284 g/mol. The zero-order valence-corrected chi connectivity index (χ0v) is 13.1. The normalized spacial score (nSPS) is 15.2. The lowest BCUT2D eigenvalue weighted by molar-refractivity contribution is 0.434. The predicted octanol–water partition coefficient (Wildman–Crippen LogP) is 2.60. The lowest BCUT2D eigenvalue weighted by atomic mass is 10.0. The number of anilines is 1. The number of aryl methyl sites for hydroxylation is 1. The van der Waals surface area contributed by atoms with E-state index in [1.807, 2.05) is 34.6 Å². The van der Waals surface area contributed by atoms with Gasteiger partial charge in [0.25, 0.3) is 0 Å². The topological polar surface area (TPSA) is 72.2 Å². The molecule has 0 aromatic heterocycles. The van der Waals surface area contributed by atoms with Gasteiger partial charge >= 0.3 is 0 Å². The van der Waals surface area contributed by atoms with E-state index in [1.54, 1.807) is 6.07 Å². The van der Waals surface area contributed by atoms with E-state index in [2.05, 4.69) is 4.72 Å². The van der Waals surface area contributed by atoms with E-state index in [-0.39, 0.29) is 10.9 Å². The van der Waals surface area contributed by atoms with Crippen molar-refractivity contribution in [3.63, 3.8) is 0 Å². The maximum absolute atomic E-state index is 12.3. The van der Waals surface area contributed by atoms with Gasteiger partial charge in [-0.05, 0) is 49.9 Å². The molecule has 1 aromatic carbocycles. The largest absolute Gasteiger partial charge is 0.398 e. The average Bonchev–Trinajstić information content (AvgIpc) is 2.33. The van der Waals surface area contributed by atoms with E-state index >= 15 is 0 Å². The molecule has 0 aliphatic rings. The fraction of sp³-hybridized carbons (Fsp3) is 0.571. The Morgan fingerprint density at radius 2 is 1.84 bits per heavy atom. The van der Waals surface area contributed by atoms with Crippen molar-refractivity contribution in [1.82, 2.24) is 4.72 Å². The van der Waals surface area contributed by atoms with Crippen LogP contribution >= 0.6 is 0 Å². The zero-order valence-electron chi connectivity index (χ0n) is 12.3. The predicted molar refractivity (Wildman–Crippen MR) is 79.6 cm³/mol. The summed E-state index contributed by atoms with van der Waals surface area (Å²) >= 11 is 0. The summed E-state index contributed by atoms with van der Waals surface area (Å²) in [4.78, 5) is 0.239. The monoisotopic (exact) mass is 284 g/mol. The third kappa shape index (κ3) is 3.70. The fourth-order valence-electron chi connectivity index (χ4n) is 1.79. The second kappa shape index (κ2) is 5.92. The quantitative estimate of drug-likeness (QED) is 0.816. The lowest BCUT2D eigenvalue weighted by Crippen LogP contribution is -2.36. The summed E-state index contributed by atoms with van der Waals surface area (Å²) in [7, 11) is -3.51. The van der Waals surface area contributed by atoms with Crippen LogP contribution in [0.3, 0.4) is 0 Å². The summed E-state index contributed by atoms with van der Waals surface area (Å²) in [5.41, 5.74) is 8.16. The molecule has 0 spiro atoms. The van der Waals surface area contributed by atoms with Crippen molar-refractivity contribution in [2.24, 2.45) is 5.92 Å². The first-order chi connectivity index (χ1) is 8.69. The lowest BCUT2D eigenvalue weighted by Gasteiger charge is -2.20. The summed E-state index contributed by atoms with van der Waals surface area (Å²) in [5, 5.41) is 0. The first-order valence-electron chi connectivity index (χ1n) is 6.58. The Balaban J connectivity index is 3.08. The molecule has 0 bridgehead atoms. The van der Waals surface area contributed by atoms with Gasteiger partial charge in [-0.1, -0.05) is 20.3 Å². The van der Waals surface area contributed by atoms with Gasteiger partial charge < -0.3 is 5.73 Å². The maximum Gasteiger partial charge on any atom is 0.240 e. The number of benzene rings is 1. The first-order valence-corrected chi connectivity index (χ1v) is 8.06. The summed E-state index contributed by atoms with van der Waals surface area (Å²) in [5.74, 6) is 0.290. The smallest absolute Gasteiger partial charge is 0.240 e. The van der Waals surface area contributed by atoms with Crippen molar-refractivity contribution < 1.29 is 8.42 Å². The number of hydrogen-bond acceptors (Lipinski definition) is 3. The number of nitrogens with one attached hydrogen (secondary N) is 1. The third-order valence-electron chi connectivity index (χ3n) is 3.83. The third-order valence-corrected chi connectivity index (χ3v) is 5.37. The van der Waals surface area contributed by atoms with Crippen molar-refractivity contribution in [1.29, 1.82) is 0 Å². The van der Waals surface area contributed by atoms with Crippen LogP contribution in [-0.2, 0) is 10.0 Å². The molecule has 1 rings (SSSR count). The van der Waals surface area contributed by atoms with Crippen LogP contribution in [0.25, 0.3) is 0 Å². The van der Waals surface area contributed by atoms with E-state index in [1.165, 1.54) is 6.07 Å². The van der Waals surface area contributed by atoms with Crippen LogP contribution in [0.5, 0.6) is 0 Å². The van der Waals surface area contributed by atoms with E-state index in [0.717, 1.165) is 17.5 Å². The molecule has 4 nitrogen and oxygen atoms in total. The minimum Gasteiger partial charge on any atom is -0.398 e. The van der Waals surface area contributed by atoms with Crippen LogP contribution in [0.15, 0.2) is 17.0 Å². The Morgan fingerprint density at radius 3 is 2.32 bits per heavy atom. The molecular weight excluding hydrogens is 260 g/mol. The van der Waals surface area contributed by atoms with E-state index in [9.17, 15) is 8.42 Å². The van der Waals surface area contributed by atoms with Crippen LogP contribution in [0, 0.1) is 19.8 Å². The maximum atomic E-state index is 12.3. The molecular formula is C14H24N2O2S. The fourth-order valence-corrected chi connectivity index (χ4v) is 3.26. The van der Waals surface area contributed by atoms with Crippen LogP contribution in [0.1, 0.15) is 38.3 Å². The summed E-state index contributed by atoms with van der Waals surface area (Å²) in [6, 6.07) is 3.09. The molecule has 2 unspecified atom stereocenters. The Hall–Kier alpha value is -1.07. The van der Waals surface area contributed by atoms with Crippen LogP contribution < -0.4 is 10.5 Å². The molecule has 5 heteroatoms. The minimum atomic E-state index is -3.51. The van der Waals surface area contributed by atoms with Gasteiger partial charge in [-0.15, -0.1) is 0 Å². The highest BCUT2D eigenvalue weighted by molar-refractivity contribution is 7.89. The van der Waals surface area contributed by atoms with Gasteiger partial charge in [0, 0.05) is 11.7 Å². The number of rotatable bonds is 5. The Kier molecular flexibility index (Phi) is 4.98. The molecule has 0 amide bonds. The molecule has 0 heterocycles. The van der Waals surface area contributed by atoms with Gasteiger partial charge in [0.1, 0.15) is 0 Å². The zero-order chi connectivity index (χ0) is 14.8. The van der Waals surface area contributed by atoms with Gasteiger partial charge in [-0.25, -0.2) is 13.1 Å². The Labute approximate surface area is 116 Å². The van der Waals surface area contributed by atoms with Crippen LogP contribution in [0.2, 0.25) is 0 Å². The SMILES string of the molecule is CCC(C)C(C)NS(=O)(=O)c1cc(C)c(C)c(N)c1. The van der Waals surface area contributed by atoms with Crippen LogP contribution in [0.4, 0.5) is 5.69 Å². The molecule has 0 aliphatic carbocycles. The number of hydrogen-bond donors (Lipinski definition) is 2. The van der Waals surface area contributed by atoms with Crippen LogP contribution in [-0.4, -0.2) is 14.5 Å². The summed E-state index contributed by atoms with van der Waals surface area (Å²) in [6.07, 6.45) is 0.929. The molecule has 1 aromatic rings. The van der Waals surface area contributed by atoms with Crippen molar-refractivity contribution in [3.05, 3.63) is 23.3 Å². The molecule has 0 aliphatic heterocycles. The molecule has 2 atom stereocenters. The van der Waals surface area contributed by atoms with E-state index in [4.69, 9.17) is 5.73 Å². The molecule has 3 N–H and O–H groups in total. The number of nitrogen functional groups attached to an aromatic ring is 1. The van der Waals surface area contributed by atoms with Crippen molar-refractivity contribution in [2.75, 3.05) is 5.73 Å². The highest BCUT2D eigenvalue weighted by Gasteiger charge is 2.21. The Bertz CT molecular complexity index is 530. The van der Waals surface area contributed by atoms with Gasteiger partial charge in [0.15, 0.2) is 0 Å². The molecule has 0 radical (unpaired) electrons. The number of sulfonamides is 1. The highest BCUT2D eigenvalue weighted by Crippen LogP contribution is 2.22. The van der Waals surface area contributed by atoms with Crippen molar-refractivity contribution in [3.8, 4) is 0 Å². The van der Waals surface area contributed by atoms with E-state index < -0.39 is 10.0 Å². The summed E-state index contributed by atoms with van der Waals surface area (Å²) in [6.45, 7) is 9.71.